The van der Waals surface area contributed by atoms with E-state index in [1.165, 1.54) is 27.7 Å². The van der Waals surface area contributed by atoms with E-state index < -0.39 is 116 Å². The summed E-state index contributed by atoms with van der Waals surface area (Å²) in [5.74, 6) is -3.00. The highest BCUT2D eigenvalue weighted by Crippen LogP contribution is 2.29. The Morgan fingerprint density at radius 3 is 1.49 bits per heavy atom. The molecule has 4 heterocycles. The molecule has 2 fully saturated rings. The van der Waals surface area contributed by atoms with Crippen molar-refractivity contribution in [2.45, 2.75) is 176 Å². The molecule has 31 heteroatoms. The average molecular weight is 1250 g/mol. The fraction of sp³-hybridized carbons (Fsp3) is 0.696. The molecular formula is C46H68Cl6N8O15S2. The van der Waals surface area contributed by atoms with Crippen LogP contribution >= 0.6 is 92.3 Å². The minimum Gasteiger partial charge on any atom is -0.480 e. The molecule has 2 aliphatic rings. The van der Waals surface area contributed by atoms with Crippen molar-refractivity contribution in [1.82, 2.24) is 41.1 Å². The first-order chi connectivity index (χ1) is 35.1. The zero-order chi connectivity index (χ0) is 58.9. The third-order valence-electron chi connectivity index (χ3n) is 9.12. The van der Waals surface area contributed by atoms with Crippen molar-refractivity contribution < 1.29 is 71.9 Å². The number of nitrogens with one attached hydrogen (secondary N) is 3. The molecule has 2 aromatic rings. The topological polar surface area (TPSA) is 284 Å². The third-order valence-corrected chi connectivity index (χ3v) is 11.0. The SMILES string of the molecule is CC(C)(C)OC(=O)N1CCC[C@@H](C(=O)OCC(Cl)(Cl)Cl)N1C(=O)OC(C)(C)C.CC(C)(C)OC(=O)N[C@@H](Cc1cscn1)C(=O)N1CCC[C@@H](C(=O)OCC(Cl)(Cl)Cl)N1.CC(C)(C)OC(=O)N[C@@H](Cc1cscn1)C(=O)O. The number of amides is 5. The van der Waals surface area contributed by atoms with E-state index >= 15 is 0 Å². The Hall–Kier alpha value is -4.08. The number of esters is 2. The summed E-state index contributed by atoms with van der Waals surface area (Å²) < 4.78 is 27.5. The van der Waals surface area contributed by atoms with Gasteiger partial charge in [-0.05, 0) is 109 Å². The number of carbonyl (C=O) groups excluding carboxylic acids is 7. The van der Waals surface area contributed by atoms with Gasteiger partial charge in [0.1, 0.15) is 53.7 Å². The maximum Gasteiger partial charge on any atom is 0.430 e. The number of aliphatic carboxylic acids is 1. The summed E-state index contributed by atoms with van der Waals surface area (Å²) >= 11 is 36.4. The van der Waals surface area contributed by atoms with Gasteiger partial charge in [-0.3, -0.25) is 14.6 Å². The Balaban J connectivity index is 0.000000409. The van der Waals surface area contributed by atoms with Crippen LogP contribution < -0.4 is 16.1 Å². The van der Waals surface area contributed by atoms with Crippen LogP contribution in [0.1, 0.15) is 120 Å². The predicted octanol–water partition coefficient (Wildman–Crippen LogP) is 9.10. The zero-order valence-corrected chi connectivity index (χ0v) is 50.8. The lowest BCUT2D eigenvalue weighted by atomic mass is 10.1. The first-order valence-corrected chi connectivity index (χ1v) is 27.8. The number of carbonyl (C=O) groups is 8. The van der Waals surface area contributed by atoms with Crippen LogP contribution in [0.15, 0.2) is 21.8 Å². The molecule has 77 heavy (non-hydrogen) atoms. The summed E-state index contributed by atoms with van der Waals surface area (Å²) in [6.45, 7) is 20.0. The van der Waals surface area contributed by atoms with Crippen molar-refractivity contribution in [3.05, 3.63) is 33.2 Å². The lowest BCUT2D eigenvalue weighted by Gasteiger charge is -2.42. The van der Waals surface area contributed by atoms with E-state index in [1.807, 2.05) is 0 Å². The highest BCUT2D eigenvalue weighted by molar-refractivity contribution is 7.07. The van der Waals surface area contributed by atoms with Gasteiger partial charge >= 0.3 is 42.3 Å². The number of carboxylic acids is 1. The highest BCUT2D eigenvalue weighted by atomic mass is 35.6. The van der Waals surface area contributed by atoms with Gasteiger partial charge < -0.3 is 44.2 Å². The van der Waals surface area contributed by atoms with Crippen LogP contribution in [-0.2, 0) is 60.4 Å². The van der Waals surface area contributed by atoms with Crippen molar-refractivity contribution >= 4 is 140 Å². The minimum absolute atomic E-state index is 0.137. The summed E-state index contributed by atoms with van der Waals surface area (Å²) in [5.41, 5.74) is 4.35. The lowest BCUT2D eigenvalue weighted by Crippen LogP contribution is -2.61. The molecule has 0 aromatic carbocycles. The number of alkyl carbamates (subject to hydrolysis) is 2. The van der Waals surface area contributed by atoms with Crippen molar-refractivity contribution in [2.75, 3.05) is 26.3 Å². The van der Waals surface area contributed by atoms with Gasteiger partial charge in [-0.15, -0.1) is 22.7 Å². The molecule has 2 saturated heterocycles. The van der Waals surface area contributed by atoms with Gasteiger partial charge in [-0.1, -0.05) is 69.6 Å². The van der Waals surface area contributed by atoms with Gasteiger partial charge in [0.15, 0.2) is 6.04 Å². The third kappa shape index (κ3) is 29.1. The second kappa shape index (κ2) is 29.9. The fourth-order valence-electron chi connectivity index (χ4n) is 6.28. The van der Waals surface area contributed by atoms with Crippen LogP contribution in [0.2, 0.25) is 0 Å². The Bertz CT molecular complexity index is 2270. The number of thiazole rings is 2. The van der Waals surface area contributed by atoms with E-state index in [2.05, 4.69) is 26.0 Å². The number of hydrazine groups is 2. The Labute approximate surface area is 485 Å². The predicted molar refractivity (Wildman–Crippen MR) is 290 cm³/mol. The number of alkyl halides is 6. The first-order valence-electron chi connectivity index (χ1n) is 23.6. The molecule has 0 unspecified atom stereocenters. The number of ether oxygens (including phenoxy) is 6. The van der Waals surface area contributed by atoms with E-state index in [0.717, 1.165) is 10.0 Å². The normalized spacial score (nSPS) is 17.1. The van der Waals surface area contributed by atoms with Gasteiger partial charge in [0.2, 0.25) is 7.59 Å². The van der Waals surface area contributed by atoms with Crippen molar-refractivity contribution in [3.8, 4) is 0 Å². The largest absolute Gasteiger partial charge is 0.480 e. The molecule has 2 aromatic heterocycles. The number of aromatic nitrogens is 2. The fourth-order valence-corrected chi connectivity index (χ4v) is 7.75. The number of hydrogen-bond acceptors (Lipinski definition) is 19. The number of hydrogen-bond donors (Lipinski definition) is 4. The molecule has 0 radical (unpaired) electrons. The Morgan fingerprint density at radius 2 is 1.06 bits per heavy atom. The van der Waals surface area contributed by atoms with Gasteiger partial charge in [0.25, 0.3) is 5.91 Å². The van der Waals surface area contributed by atoms with Gasteiger partial charge in [0, 0.05) is 36.7 Å². The van der Waals surface area contributed by atoms with Crippen LogP contribution in [0.3, 0.4) is 0 Å². The van der Waals surface area contributed by atoms with Crippen LogP contribution in [0.5, 0.6) is 0 Å². The molecule has 5 amide bonds. The monoisotopic (exact) mass is 1250 g/mol. The maximum absolute atomic E-state index is 13.2. The summed E-state index contributed by atoms with van der Waals surface area (Å²) in [6.07, 6.45) is -1.15. The van der Waals surface area contributed by atoms with Crippen molar-refractivity contribution in [2.24, 2.45) is 0 Å². The quantitative estimate of drug-likeness (QED) is 0.0875. The molecule has 0 spiro atoms. The molecule has 23 nitrogen and oxygen atoms in total. The zero-order valence-electron chi connectivity index (χ0n) is 44.7. The van der Waals surface area contributed by atoms with Crippen LogP contribution in [0.4, 0.5) is 19.2 Å². The molecule has 436 valence electrons. The second-order valence-corrected chi connectivity index (χ2v) is 27.4. The van der Waals surface area contributed by atoms with Crippen molar-refractivity contribution in [3.63, 3.8) is 0 Å². The first kappa shape index (κ1) is 69.0. The van der Waals surface area contributed by atoms with E-state index in [1.54, 1.807) is 105 Å². The minimum atomic E-state index is -1.80. The molecule has 0 saturated carbocycles. The second-order valence-electron chi connectivity index (χ2n) is 20.9. The van der Waals surface area contributed by atoms with Crippen molar-refractivity contribution in [1.29, 1.82) is 0 Å². The molecular weight excluding hydrogens is 1180 g/mol. The summed E-state index contributed by atoms with van der Waals surface area (Å²) in [5, 5.41) is 20.7. The van der Waals surface area contributed by atoms with Gasteiger partial charge in [0.05, 0.1) is 22.4 Å². The summed E-state index contributed by atoms with van der Waals surface area (Å²) in [4.78, 5) is 106. The van der Waals surface area contributed by atoms with E-state index in [4.69, 9.17) is 103 Å². The van der Waals surface area contributed by atoms with Crippen LogP contribution in [0.25, 0.3) is 0 Å². The van der Waals surface area contributed by atoms with E-state index in [0.29, 0.717) is 37.2 Å². The highest BCUT2D eigenvalue weighted by Gasteiger charge is 2.45. The summed E-state index contributed by atoms with van der Waals surface area (Å²) in [7, 11) is 0. The Morgan fingerprint density at radius 1 is 0.636 bits per heavy atom. The molecule has 4 rings (SSSR count). The lowest BCUT2D eigenvalue weighted by molar-refractivity contribution is -0.161. The molecule has 4 atom stereocenters. The molecule has 0 bridgehead atoms. The smallest absolute Gasteiger partial charge is 0.430 e. The molecule has 4 N–H and O–H groups in total. The van der Waals surface area contributed by atoms with Crippen LogP contribution in [0, 0.1) is 0 Å². The maximum atomic E-state index is 13.2. The van der Waals surface area contributed by atoms with Crippen LogP contribution in [-0.4, -0.2) is 159 Å². The Kier molecular flexibility index (Phi) is 26.8. The number of halogens is 6. The molecule has 2 aliphatic heterocycles. The van der Waals surface area contributed by atoms with Gasteiger partial charge in [-0.2, -0.15) is 5.01 Å². The number of rotatable bonds is 12. The molecule has 0 aliphatic carbocycles. The number of carboxylic acid groups (broad SMARTS) is 1. The van der Waals surface area contributed by atoms with E-state index in [-0.39, 0.29) is 25.8 Å². The van der Waals surface area contributed by atoms with Gasteiger partial charge in [-0.25, -0.2) is 49.2 Å². The average Bonchev–Trinajstić information content (AvgIpc) is 3.99. The summed E-state index contributed by atoms with van der Waals surface area (Å²) in [6, 6.07) is -3.89. The number of nitrogens with zero attached hydrogens (tertiary/aromatic N) is 5. The van der Waals surface area contributed by atoms with E-state index in [9.17, 15) is 38.4 Å². The standard InChI is InChI=1S/C18H25Cl3N4O5S.C17H27Cl3N2O6.C11H16N2O4S/c1-17(2,3)30-16(28)23-13(7-11-8-31-10-22-11)14(26)25-6-4-5-12(24-25)15(27)29-9-18(19,20)21;1-15(2,3)27-13(24)21-9-7-8-11(12(23)26-10-17(18,19)20)22(21)14(25)28-16(4,5)6;1-11(2,3)17-10(16)13-8(9(14)15)4-7-5-18-6-12-7/h8,10,12-13,24H,4-7,9H2,1-3H3,(H,23,28);11H,7-10H2,1-6H3;5-6,8H,4H2,1-3H3,(H,13,16)(H,14,15)/t12-,13-;11-;8-/m000/s1.